The van der Waals surface area contributed by atoms with Crippen molar-refractivity contribution in [3.05, 3.63) is 0 Å². The van der Waals surface area contributed by atoms with Gasteiger partial charge in [0.05, 0.1) is 6.42 Å². The van der Waals surface area contributed by atoms with Crippen LogP contribution in [0.1, 0.15) is 48.0 Å². The fourth-order valence-electron chi connectivity index (χ4n) is 1.72. The summed E-state index contributed by atoms with van der Waals surface area (Å²) in [5, 5.41) is 0. The third-order valence-corrected chi connectivity index (χ3v) is 2.36. The molecule has 114 valence electrons. The van der Waals surface area contributed by atoms with Crippen LogP contribution < -0.4 is 0 Å². The van der Waals surface area contributed by atoms with E-state index in [0.717, 1.165) is 0 Å². The second-order valence-corrected chi connectivity index (χ2v) is 6.79. The normalized spacial score (nSPS) is 23.2. The molecule has 0 aromatic rings. The Kier molecular flexibility index (Phi) is 4.46. The minimum absolute atomic E-state index is 0.168. The number of hydrogen-bond acceptors (Lipinski definition) is 6. The van der Waals surface area contributed by atoms with Gasteiger partial charge in [0.15, 0.2) is 0 Å². The molecule has 0 amide bonds. The zero-order chi connectivity index (χ0) is 15.7. The van der Waals surface area contributed by atoms with Crippen LogP contribution in [0.15, 0.2) is 0 Å². The average Bonchev–Trinajstić information content (AvgIpc) is 2.55. The second kappa shape index (κ2) is 5.42. The van der Waals surface area contributed by atoms with Crippen LogP contribution in [0.4, 0.5) is 0 Å². The van der Waals surface area contributed by atoms with E-state index in [9.17, 15) is 14.4 Å². The molecule has 1 heterocycles. The standard InChI is InChI=1S/C14H22O6/c1-13(2,3)19-11(16)8-7-9(15)18-10(8)12(17)20-14(4,5)6/h8,10H,7H2,1-6H3. The Hall–Kier alpha value is -1.59. The van der Waals surface area contributed by atoms with Crippen molar-refractivity contribution < 1.29 is 28.6 Å². The number of carbonyl (C=O) groups is 3. The molecule has 0 spiro atoms. The van der Waals surface area contributed by atoms with E-state index in [2.05, 4.69) is 0 Å². The zero-order valence-electron chi connectivity index (χ0n) is 12.8. The van der Waals surface area contributed by atoms with Crippen LogP contribution in [-0.4, -0.2) is 35.2 Å². The van der Waals surface area contributed by atoms with Gasteiger partial charge in [0.1, 0.15) is 17.1 Å². The maximum Gasteiger partial charge on any atom is 0.348 e. The van der Waals surface area contributed by atoms with Crippen LogP contribution in [0.5, 0.6) is 0 Å². The fraction of sp³-hybridized carbons (Fsp3) is 0.786. The van der Waals surface area contributed by atoms with Gasteiger partial charge in [-0.15, -0.1) is 0 Å². The summed E-state index contributed by atoms with van der Waals surface area (Å²) in [6.45, 7) is 10.2. The van der Waals surface area contributed by atoms with E-state index in [1.807, 2.05) is 0 Å². The third kappa shape index (κ3) is 4.83. The van der Waals surface area contributed by atoms with Crippen molar-refractivity contribution in [2.24, 2.45) is 5.92 Å². The van der Waals surface area contributed by atoms with Gasteiger partial charge in [-0.2, -0.15) is 0 Å². The Morgan fingerprint density at radius 3 is 1.90 bits per heavy atom. The van der Waals surface area contributed by atoms with E-state index in [1.165, 1.54) is 0 Å². The van der Waals surface area contributed by atoms with Crippen LogP contribution in [0, 0.1) is 5.92 Å². The zero-order valence-corrected chi connectivity index (χ0v) is 12.8. The van der Waals surface area contributed by atoms with E-state index in [0.29, 0.717) is 0 Å². The molecule has 1 saturated heterocycles. The molecule has 0 aliphatic carbocycles. The van der Waals surface area contributed by atoms with E-state index in [4.69, 9.17) is 14.2 Å². The smallest absolute Gasteiger partial charge is 0.348 e. The van der Waals surface area contributed by atoms with Crippen molar-refractivity contribution in [1.29, 1.82) is 0 Å². The second-order valence-electron chi connectivity index (χ2n) is 6.79. The SMILES string of the molecule is CC(C)(C)OC(=O)C1CC(=O)OC1C(=O)OC(C)(C)C. The van der Waals surface area contributed by atoms with Gasteiger partial charge < -0.3 is 14.2 Å². The summed E-state index contributed by atoms with van der Waals surface area (Å²) in [5.74, 6) is -2.90. The molecule has 0 N–H and O–H groups in total. The Morgan fingerprint density at radius 1 is 1.00 bits per heavy atom. The topological polar surface area (TPSA) is 78.9 Å². The van der Waals surface area contributed by atoms with Gasteiger partial charge in [-0.05, 0) is 41.5 Å². The molecule has 1 aliphatic rings. The van der Waals surface area contributed by atoms with Crippen molar-refractivity contribution in [3.8, 4) is 0 Å². The highest BCUT2D eigenvalue weighted by Gasteiger charge is 2.47. The number of rotatable bonds is 2. The van der Waals surface area contributed by atoms with Gasteiger partial charge in [-0.25, -0.2) is 4.79 Å². The molecule has 2 atom stereocenters. The number of hydrogen-bond donors (Lipinski definition) is 0. The van der Waals surface area contributed by atoms with Crippen molar-refractivity contribution in [1.82, 2.24) is 0 Å². The van der Waals surface area contributed by atoms with Gasteiger partial charge in [0.25, 0.3) is 0 Å². The molecule has 20 heavy (non-hydrogen) atoms. The molecule has 6 heteroatoms. The van der Waals surface area contributed by atoms with Gasteiger partial charge in [-0.3, -0.25) is 9.59 Å². The maximum atomic E-state index is 12.0. The number of cyclic esters (lactones) is 1. The molecule has 0 bridgehead atoms. The summed E-state index contributed by atoms with van der Waals surface area (Å²) < 4.78 is 15.3. The molecule has 1 rings (SSSR count). The summed E-state index contributed by atoms with van der Waals surface area (Å²) in [6.07, 6.45) is -1.39. The predicted octanol–water partition coefficient (Wildman–Crippen LogP) is 1.60. The lowest BCUT2D eigenvalue weighted by Crippen LogP contribution is -2.40. The van der Waals surface area contributed by atoms with Gasteiger partial charge in [0.2, 0.25) is 6.10 Å². The minimum Gasteiger partial charge on any atom is -0.460 e. The van der Waals surface area contributed by atoms with Crippen LogP contribution in [-0.2, 0) is 28.6 Å². The summed E-state index contributed by atoms with van der Waals surface area (Å²) in [4.78, 5) is 35.4. The molecule has 0 radical (unpaired) electrons. The Bertz CT molecular complexity index is 374. The number of esters is 3. The lowest BCUT2D eigenvalue weighted by Gasteiger charge is -2.25. The average molecular weight is 286 g/mol. The fourth-order valence-corrected chi connectivity index (χ4v) is 1.72. The molecule has 1 fully saturated rings. The van der Waals surface area contributed by atoms with Crippen molar-refractivity contribution >= 4 is 17.9 Å². The largest absolute Gasteiger partial charge is 0.460 e. The van der Waals surface area contributed by atoms with Gasteiger partial charge in [0, 0.05) is 0 Å². The van der Waals surface area contributed by atoms with Gasteiger partial charge in [-0.1, -0.05) is 0 Å². The molecular formula is C14H22O6. The lowest BCUT2D eigenvalue weighted by molar-refractivity contribution is -0.178. The summed E-state index contributed by atoms with van der Waals surface area (Å²) in [5.41, 5.74) is -1.41. The van der Waals surface area contributed by atoms with Crippen LogP contribution in [0.3, 0.4) is 0 Å². The molecule has 6 nitrogen and oxygen atoms in total. The van der Waals surface area contributed by atoms with Crippen LogP contribution in [0.25, 0.3) is 0 Å². The van der Waals surface area contributed by atoms with Crippen molar-refractivity contribution in [2.75, 3.05) is 0 Å². The highest BCUT2D eigenvalue weighted by Crippen LogP contribution is 2.27. The molecule has 0 aromatic carbocycles. The quantitative estimate of drug-likeness (QED) is 0.566. The first kappa shape index (κ1) is 16.5. The van der Waals surface area contributed by atoms with E-state index in [1.54, 1.807) is 41.5 Å². The molecule has 0 aromatic heterocycles. The first-order valence-corrected chi connectivity index (χ1v) is 6.54. The van der Waals surface area contributed by atoms with Gasteiger partial charge >= 0.3 is 17.9 Å². The van der Waals surface area contributed by atoms with Crippen LogP contribution in [0.2, 0.25) is 0 Å². The molecule has 0 saturated carbocycles. The Labute approximate surface area is 118 Å². The predicted molar refractivity (Wildman–Crippen MR) is 69.7 cm³/mol. The summed E-state index contributed by atoms with van der Waals surface area (Å²) in [7, 11) is 0. The Morgan fingerprint density at radius 2 is 1.45 bits per heavy atom. The maximum absolute atomic E-state index is 12.0. The first-order valence-electron chi connectivity index (χ1n) is 6.54. The van der Waals surface area contributed by atoms with E-state index in [-0.39, 0.29) is 6.42 Å². The lowest BCUT2D eigenvalue weighted by atomic mass is 10.0. The summed E-state index contributed by atoms with van der Waals surface area (Å²) in [6, 6.07) is 0. The molecular weight excluding hydrogens is 264 g/mol. The highest BCUT2D eigenvalue weighted by atomic mass is 16.6. The number of carbonyl (C=O) groups excluding carboxylic acids is 3. The third-order valence-electron chi connectivity index (χ3n) is 2.36. The molecule has 2 unspecified atom stereocenters. The monoisotopic (exact) mass is 286 g/mol. The highest BCUT2D eigenvalue weighted by molar-refractivity contribution is 5.92. The van der Waals surface area contributed by atoms with Crippen molar-refractivity contribution in [3.63, 3.8) is 0 Å². The summed E-state index contributed by atoms with van der Waals surface area (Å²) >= 11 is 0. The van der Waals surface area contributed by atoms with Crippen molar-refractivity contribution in [2.45, 2.75) is 65.3 Å². The first-order chi connectivity index (χ1) is 8.89. The van der Waals surface area contributed by atoms with E-state index >= 15 is 0 Å². The van der Waals surface area contributed by atoms with E-state index < -0.39 is 41.1 Å². The molecule has 1 aliphatic heterocycles. The minimum atomic E-state index is -1.23. The number of ether oxygens (including phenoxy) is 3. The van der Waals surface area contributed by atoms with Crippen LogP contribution >= 0.6 is 0 Å². The Balaban J connectivity index is 2.81.